The number of hydrogen-bond donors (Lipinski definition) is 2. The fraction of sp³-hybridized carbons (Fsp3) is 0.400. The lowest BCUT2D eigenvalue weighted by atomic mass is 10.1. The number of rotatable bonds is 11. The van der Waals surface area contributed by atoms with E-state index in [0.29, 0.717) is 37.7 Å². The van der Waals surface area contributed by atoms with Crippen LogP contribution in [0.2, 0.25) is 0 Å². The van der Waals surface area contributed by atoms with Gasteiger partial charge in [0.1, 0.15) is 17.3 Å². The molecule has 0 saturated heterocycles. The second-order valence-electron chi connectivity index (χ2n) is 6.25. The van der Waals surface area contributed by atoms with Gasteiger partial charge in [-0.05, 0) is 50.1 Å². The Balaban J connectivity index is 1.87. The van der Waals surface area contributed by atoms with E-state index >= 15 is 0 Å². The van der Waals surface area contributed by atoms with Crippen molar-refractivity contribution in [2.45, 2.75) is 31.2 Å². The molecule has 0 aliphatic carbocycles. The summed E-state index contributed by atoms with van der Waals surface area (Å²) >= 11 is 0. The van der Waals surface area contributed by atoms with Crippen LogP contribution >= 0.6 is 0 Å². The summed E-state index contributed by atoms with van der Waals surface area (Å²) in [7, 11) is -2.98. The molecule has 0 unspecified atom stereocenters. The molecular weight excluding hydrogens is 382 g/mol. The van der Waals surface area contributed by atoms with Crippen LogP contribution in [0.4, 0.5) is 0 Å². The van der Waals surface area contributed by atoms with Crippen molar-refractivity contribution in [2.24, 2.45) is 0 Å². The van der Waals surface area contributed by atoms with Gasteiger partial charge in [-0.15, -0.1) is 0 Å². The van der Waals surface area contributed by atoms with Gasteiger partial charge < -0.3 is 19.5 Å². The van der Waals surface area contributed by atoms with Crippen molar-refractivity contribution in [1.29, 1.82) is 0 Å². The average molecular weight is 410 g/mol. The molecule has 2 aromatic carbocycles. The van der Waals surface area contributed by atoms with Crippen molar-refractivity contribution < 1.29 is 27.2 Å². The van der Waals surface area contributed by atoms with Gasteiger partial charge in [0, 0.05) is 12.6 Å². The summed E-state index contributed by atoms with van der Waals surface area (Å²) < 4.78 is 48.7. The molecule has 0 amide bonds. The molecule has 0 heterocycles. The van der Waals surface area contributed by atoms with E-state index < -0.39 is 10.1 Å². The second-order valence-corrected chi connectivity index (χ2v) is 7.64. The van der Waals surface area contributed by atoms with Gasteiger partial charge in [0.25, 0.3) is 10.1 Å². The highest BCUT2D eigenvalue weighted by atomic mass is 32.2. The fourth-order valence-corrected chi connectivity index (χ4v) is 3.49. The van der Waals surface area contributed by atoms with E-state index in [2.05, 4.69) is 5.32 Å². The lowest BCUT2D eigenvalue weighted by Gasteiger charge is -2.16. The minimum atomic E-state index is -4.34. The maximum atomic E-state index is 11.5. The Labute approximate surface area is 166 Å². The Morgan fingerprint density at radius 3 is 2.36 bits per heavy atom. The topological polar surface area (TPSA) is 94.1 Å². The molecule has 2 rings (SSSR count). The summed E-state index contributed by atoms with van der Waals surface area (Å²) in [6, 6.07) is 12.3. The Morgan fingerprint density at radius 2 is 1.75 bits per heavy atom. The second kappa shape index (κ2) is 10.3. The SMILES string of the molecule is CCOc1ccccc1OCCN[C@H](C)Cc1ccc(OC)c(S(=O)(=O)O)c1. The molecule has 0 spiro atoms. The Hall–Kier alpha value is -2.29. The molecule has 0 aromatic heterocycles. The van der Waals surface area contributed by atoms with E-state index in [9.17, 15) is 13.0 Å². The van der Waals surface area contributed by atoms with Crippen molar-refractivity contribution >= 4 is 10.1 Å². The Morgan fingerprint density at radius 1 is 1.07 bits per heavy atom. The molecule has 2 N–H and O–H groups in total. The maximum absolute atomic E-state index is 11.5. The number of methoxy groups -OCH3 is 1. The van der Waals surface area contributed by atoms with Crippen molar-refractivity contribution in [3.63, 3.8) is 0 Å². The Kier molecular flexibility index (Phi) is 8.10. The minimum absolute atomic E-state index is 0.0772. The summed E-state index contributed by atoms with van der Waals surface area (Å²) in [6.45, 7) is 5.57. The number of benzene rings is 2. The van der Waals surface area contributed by atoms with Crippen LogP contribution in [0.3, 0.4) is 0 Å². The molecular formula is C20H27NO6S. The first-order valence-corrected chi connectivity index (χ1v) is 10.5. The monoisotopic (exact) mass is 409 g/mol. The zero-order chi connectivity index (χ0) is 20.6. The molecule has 8 heteroatoms. The van der Waals surface area contributed by atoms with Crippen LogP contribution < -0.4 is 19.5 Å². The lowest BCUT2D eigenvalue weighted by molar-refractivity contribution is 0.272. The van der Waals surface area contributed by atoms with Gasteiger partial charge in [0.15, 0.2) is 11.5 Å². The summed E-state index contributed by atoms with van der Waals surface area (Å²) in [5.74, 6) is 1.54. The molecule has 7 nitrogen and oxygen atoms in total. The zero-order valence-electron chi connectivity index (χ0n) is 16.3. The number of para-hydroxylation sites is 2. The van der Waals surface area contributed by atoms with E-state index in [1.54, 1.807) is 12.1 Å². The van der Waals surface area contributed by atoms with E-state index in [0.717, 1.165) is 5.56 Å². The molecule has 0 saturated carbocycles. The molecule has 0 aliphatic heterocycles. The predicted octanol–water partition coefficient (Wildman–Crippen LogP) is 2.94. The number of nitrogens with one attached hydrogen (secondary N) is 1. The zero-order valence-corrected chi connectivity index (χ0v) is 17.2. The first kappa shape index (κ1) is 22.0. The van der Waals surface area contributed by atoms with Gasteiger partial charge in [0.05, 0.1) is 13.7 Å². The van der Waals surface area contributed by atoms with E-state index in [1.165, 1.54) is 13.2 Å². The summed E-state index contributed by atoms with van der Waals surface area (Å²) in [4.78, 5) is -0.226. The van der Waals surface area contributed by atoms with Gasteiger partial charge in [0.2, 0.25) is 0 Å². The molecule has 0 bridgehead atoms. The summed E-state index contributed by atoms with van der Waals surface area (Å²) in [5, 5.41) is 3.33. The van der Waals surface area contributed by atoms with Crippen LogP contribution in [-0.4, -0.2) is 45.9 Å². The third-order valence-corrected chi connectivity index (χ3v) is 4.92. The lowest BCUT2D eigenvalue weighted by Crippen LogP contribution is -2.31. The number of hydrogen-bond acceptors (Lipinski definition) is 6. The van der Waals surface area contributed by atoms with E-state index in [1.807, 2.05) is 38.1 Å². The highest BCUT2D eigenvalue weighted by Gasteiger charge is 2.17. The molecule has 0 radical (unpaired) electrons. The van der Waals surface area contributed by atoms with Crippen LogP contribution in [0.25, 0.3) is 0 Å². The van der Waals surface area contributed by atoms with Gasteiger partial charge in [-0.25, -0.2) is 0 Å². The van der Waals surface area contributed by atoms with Gasteiger partial charge in [-0.1, -0.05) is 18.2 Å². The smallest absolute Gasteiger partial charge is 0.298 e. The Bertz CT molecular complexity index is 869. The van der Waals surface area contributed by atoms with Crippen molar-refractivity contribution in [1.82, 2.24) is 5.32 Å². The molecule has 0 aliphatic rings. The van der Waals surface area contributed by atoms with Crippen LogP contribution in [0.5, 0.6) is 17.2 Å². The third kappa shape index (κ3) is 6.40. The van der Waals surface area contributed by atoms with Gasteiger partial charge in [-0.3, -0.25) is 4.55 Å². The van der Waals surface area contributed by atoms with Gasteiger partial charge in [-0.2, -0.15) is 8.42 Å². The summed E-state index contributed by atoms with van der Waals surface area (Å²) in [5.41, 5.74) is 0.774. The van der Waals surface area contributed by atoms with Gasteiger partial charge >= 0.3 is 0 Å². The molecule has 0 fully saturated rings. The normalized spacial score (nSPS) is 12.4. The third-order valence-electron chi connectivity index (χ3n) is 4.05. The van der Waals surface area contributed by atoms with Crippen molar-refractivity contribution in [3.8, 4) is 17.2 Å². The fourth-order valence-electron chi connectivity index (χ4n) is 2.79. The van der Waals surface area contributed by atoms with Crippen LogP contribution in [0, 0.1) is 0 Å². The quantitative estimate of drug-likeness (QED) is 0.435. The average Bonchev–Trinajstić information content (AvgIpc) is 2.66. The first-order chi connectivity index (χ1) is 13.3. The molecule has 1 atom stereocenters. The summed E-state index contributed by atoms with van der Waals surface area (Å²) in [6.07, 6.45) is 0.585. The molecule has 2 aromatic rings. The van der Waals surface area contributed by atoms with Crippen molar-refractivity contribution in [3.05, 3.63) is 48.0 Å². The highest BCUT2D eigenvalue weighted by molar-refractivity contribution is 7.86. The predicted molar refractivity (Wildman–Crippen MR) is 107 cm³/mol. The molecule has 28 heavy (non-hydrogen) atoms. The van der Waals surface area contributed by atoms with E-state index in [4.69, 9.17) is 14.2 Å². The van der Waals surface area contributed by atoms with E-state index in [-0.39, 0.29) is 16.7 Å². The van der Waals surface area contributed by atoms with Crippen LogP contribution in [-0.2, 0) is 16.5 Å². The van der Waals surface area contributed by atoms with Crippen LogP contribution in [0.15, 0.2) is 47.4 Å². The standard InChI is InChI=1S/C20H27NO6S/c1-4-26-17-7-5-6-8-18(17)27-12-11-21-15(2)13-16-9-10-19(25-3)20(14-16)28(22,23)24/h5-10,14-15,21H,4,11-13H2,1-3H3,(H,22,23,24)/t15-/m1/s1. The minimum Gasteiger partial charge on any atom is -0.495 e. The maximum Gasteiger partial charge on any atom is 0.298 e. The first-order valence-electron chi connectivity index (χ1n) is 9.07. The highest BCUT2D eigenvalue weighted by Crippen LogP contribution is 2.26. The van der Waals surface area contributed by atoms with Crippen LogP contribution in [0.1, 0.15) is 19.4 Å². The number of ether oxygens (including phenoxy) is 3. The largest absolute Gasteiger partial charge is 0.495 e. The van der Waals surface area contributed by atoms with Crippen molar-refractivity contribution in [2.75, 3.05) is 26.9 Å². The molecule has 154 valence electrons.